The summed E-state index contributed by atoms with van der Waals surface area (Å²) in [5.41, 5.74) is 4.95. The van der Waals surface area contributed by atoms with Crippen molar-refractivity contribution in [3.8, 4) is 34.5 Å². The van der Waals surface area contributed by atoms with Crippen molar-refractivity contribution in [3.63, 3.8) is 0 Å². The van der Waals surface area contributed by atoms with Gasteiger partial charge in [-0.3, -0.25) is 0 Å². The third-order valence-electron chi connectivity index (χ3n) is 7.93. The van der Waals surface area contributed by atoms with E-state index in [0.29, 0.717) is 41.2 Å². The quantitative estimate of drug-likeness (QED) is 0.185. The number of carboxylic acids is 1. The maximum atomic E-state index is 11.3. The van der Waals surface area contributed by atoms with E-state index in [1.165, 1.54) is 12.1 Å². The number of aromatic carboxylic acids is 1. The number of oxazole rings is 1. The summed E-state index contributed by atoms with van der Waals surface area (Å²) < 4.78 is 26.4. The number of aromatic nitrogens is 2. The van der Waals surface area contributed by atoms with Gasteiger partial charge in [0.25, 0.3) is 0 Å². The maximum Gasteiger partial charge on any atom is 1.00 e. The molecule has 230 valence electrons. The predicted octanol–water partition coefficient (Wildman–Crippen LogP) is 6.00. The molecule has 0 saturated heterocycles. The van der Waals surface area contributed by atoms with Crippen LogP contribution >= 0.6 is 0 Å². The van der Waals surface area contributed by atoms with E-state index < -0.39 is 5.97 Å². The minimum absolute atomic E-state index is 0. The second kappa shape index (κ2) is 13.8. The van der Waals surface area contributed by atoms with Crippen LogP contribution in [0.1, 0.15) is 28.8 Å². The molecule has 0 radical (unpaired) electrons. The number of carboxylic acid groups (broad SMARTS) is 1. The van der Waals surface area contributed by atoms with Crippen LogP contribution in [-0.2, 0) is 13.2 Å². The number of benzene rings is 5. The van der Waals surface area contributed by atoms with E-state index in [-0.39, 0.29) is 43.2 Å². The number of fused-ring (bicyclic) bond motifs is 3. The van der Waals surface area contributed by atoms with Crippen molar-refractivity contribution < 1.29 is 59.5 Å². The van der Waals surface area contributed by atoms with Crippen LogP contribution < -0.4 is 43.8 Å². The molecule has 2 heterocycles. The first-order valence-corrected chi connectivity index (χ1v) is 14.8. The van der Waals surface area contributed by atoms with Crippen LogP contribution in [0.3, 0.4) is 0 Å². The number of carbonyl (C=O) groups is 1. The number of hydrogen-bond donors (Lipinski definition) is 1. The summed E-state index contributed by atoms with van der Waals surface area (Å²) in [5, 5.41) is 11.3. The van der Waals surface area contributed by atoms with Crippen molar-refractivity contribution in [1.29, 1.82) is 0 Å². The van der Waals surface area contributed by atoms with Crippen LogP contribution in [-0.4, -0.2) is 27.7 Å². The maximum absolute atomic E-state index is 11.3. The Hall–Kier alpha value is -5.02. The Labute approximate surface area is 294 Å². The van der Waals surface area contributed by atoms with Gasteiger partial charge in [0.1, 0.15) is 29.6 Å². The zero-order valence-electron chi connectivity index (χ0n) is 27.3. The first-order chi connectivity index (χ1) is 22.5. The van der Waals surface area contributed by atoms with Gasteiger partial charge in [-0.2, -0.15) is 0 Å². The van der Waals surface area contributed by atoms with Crippen molar-refractivity contribution in [1.82, 2.24) is 9.55 Å². The van der Waals surface area contributed by atoms with Crippen LogP contribution in [0.4, 0.5) is 0 Å². The minimum Gasteiger partial charge on any atom is -1.00 e. The zero-order chi connectivity index (χ0) is 31.6. The molecule has 0 bridgehead atoms. The van der Waals surface area contributed by atoms with Crippen molar-refractivity contribution in [3.05, 3.63) is 138 Å². The largest absolute Gasteiger partial charge is 1.00 e. The van der Waals surface area contributed by atoms with Gasteiger partial charge in [-0.25, -0.2) is 9.78 Å². The summed E-state index contributed by atoms with van der Waals surface area (Å²) >= 11 is 0. The number of methoxy groups -OCH3 is 1. The first-order valence-electron chi connectivity index (χ1n) is 14.8. The average molecular weight is 635 g/mol. The number of aryl methyl sites for hydroxylation is 1. The van der Waals surface area contributed by atoms with Crippen molar-refractivity contribution in [2.75, 3.05) is 7.11 Å². The number of para-hydroxylation sites is 1. The predicted molar refractivity (Wildman–Crippen MR) is 177 cm³/mol. The summed E-state index contributed by atoms with van der Waals surface area (Å²) in [4.78, 5) is 15.9. The van der Waals surface area contributed by atoms with E-state index in [2.05, 4.69) is 27.8 Å². The molecule has 0 spiro atoms. The molecule has 0 fully saturated rings. The normalized spacial score (nSPS) is 10.9. The fraction of sp³-hybridized carbons (Fsp3) is 0.105. The van der Waals surface area contributed by atoms with Crippen molar-refractivity contribution in [2.45, 2.75) is 20.1 Å². The molecular weight excluding hydrogens is 603 g/mol. The molecule has 0 saturated carbocycles. The van der Waals surface area contributed by atoms with Crippen molar-refractivity contribution in [2.24, 2.45) is 0 Å². The molecule has 9 heteroatoms. The summed E-state index contributed by atoms with van der Waals surface area (Å²) in [5.74, 6) is 2.78. The van der Waals surface area contributed by atoms with E-state index in [9.17, 15) is 9.90 Å². The topological polar surface area (TPSA) is 96.0 Å². The first kappa shape index (κ1) is 31.9. The minimum atomic E-state index is -0.976. The van der Waals surface area contributed by atoms with Gasteiger partial charge in [-0.1, -0.05) is 48.5 Å². The van der Waals surface area contributed by atoms with Gasteiger partial charge in [0.2, 0.25) is 5.89 Å². The fourth-order valence-electron chi connectivity index (χ4n) is 5.64. The number of nitrogens with zero attached hydrogens (tertiary/aromatic N) is 2. The van der Waals surface area contributed by atoms with Crippen molar-refractivity contribution >= 4 is 27.8 Å². The van der Waals surface area contributed by atoms with E-state index in [4.69, 9.17) is 18.6 Å². The standard InChI is InChI=1S/C38H30N2O6.Na.H/c1-24-30(39-37(45-24)26-9-4-3-5-10-26)23-44-33-20-15-25(21-35(33)43-2)22-40-31-12-7-6-11-29(31)36-32(40)13-8-14-34(36)46-28-18-16-27(17-19-28)38(41)42;;/h3-21H,22-23H2,1-2H3,(H,41,42);;/q;+1;-1. The zero-order valence-corrected chi connectivity index (χ0v) is 28.3. The molecular formula is C38H31N2NaO6. The molecule has 2 aromatic heterocycles. The Balaban J connectivity index is 0.00000225. The molecule has 0 atom stereocenters. The van der Waals surface area contributed by atoms with Crippen LogP contribution in [0, 0.1) is 6.92 Å². The van der Waals surface area contributed by atoms with Gasteiger partial charge in [0.05, 0.1) is 23.6 Å². The summed E-state index contributed by atoms with van der Waals surface area (Å²) in [7, 11) is 1.63. The number of ether oxygens (including phenoxy) is 3. The molecule has 1 N–H and O–H groups in total. The van der Waals surface area contributed by atoms with Crippen LogP contribution in [0.2, 0.25) is 0 Å². The Morgan fingerprint density at radius 2 is 1.60 bits per heavy atom. The van der Waals surface area contributed by atoms with Gasteiger partial charge in [-0.05, 0) is 79.2 Å². The molecule has 0 aliphatic rings. The Kier molecular flexibility index (Phi) is 9.36. The molecule has 47 heavy (non-hydrogen) atoms. The Morgan fingerprint density at radius 1 is 0.851 bits per heavy atom. The molecule has 0 aliphatic heterocycles. The van der Waals surface area contributed by atoms with Gasteiger partial charge >= 0.3 is 35.5 Å². The van der Waals surface area contributed by atoms with Crippen LogP contribution in [0.25, 0.3) is 33.3 Å². The molecule has 7 rings (SSSR count). The van der Waals surface area contributed by atoms with Gasteiger partial charge < -0.3 is 29.7 Å². The third-order valence-corrected chi connectivity index (χ3v) is 7.93. The van der Waals surface area contributed by atoms with Crippen LogP contribution in [0.15, 0.2) is 120 Å². The molecule has 0 unspecified atom stereocenters. The Bertz CT molecular complexity index is 2200. The monoisotopic (exact) mass is 634 g/mol. The Morgan fingerprint density at radius 3 is 2.36 bits per heavy atom. The molecule has 0 amide bonds. The second-order valence-electron chi connectivity index (χ2n) is 10.8. The summed E-state index contributed by atoms with van der Waals surface area (Å²) in [6, 6.07) is 36.3. The fourth-order valence-corrected chi connectivity index (χ4v) is 5.64. The van der Waals surface area contributed by atoms with E-state index in [1.54, 1.807) is 19.2 Å². The molecule has 7 aromatic rings. The van der Waals surface area contributed by atoms with Gasteiger partial charge in [-0.15, -0.1) is 0 Å². The van der Waals surface area contributed by atoms with Gasteiger partial charge in [0, 0.05) is 23.0 Å². The number of hydrogen-bond acceptors (Lipinski definition) is 6. The molecule has 8 nitrogen and oxygen atoms in total. The summed E-state index contributed by atoms with van der Waals surface area (Å²) in [6.45, 7) is 2.71. The van der Waals surface area contributed by atoms with E-state index >= 15 is 0 Å². The second-order valence-corrected chi connectivity index (χ2v) is 10.8. The van der Waals surface area contributed by atoms with Gasteiger partial charge in [0.15, 0.2) is 11.5 Å². The van der Waals surface area contributed by atoms with Crippen LogP contribution in [0.5, 0.6) is 23.0 Å². The molecule has 0 aliphatic carbocycles. The number of rotatable bonds is 10. The SMILES string of the molecule is COc1cc(Cn2c3ccccc3c3c(Oc4ccc(C(=O)O)cc4)cccc32)ccc1OCc1nc(-c2ccccc2)oc1C.[H-].[Na+]. The van der Waals surface area contributed by atoms with E-state index in [0.717, 1.165) is 38.6 Å². The third kappa shape index (κ3) is 6.49. The summed E-state index contributed by atoms with van der Waals surface area (Å²) in [6.07, 6.45) is 0. The molecule has 5 aromatic carbocycles. The smallest absolute Gasteiger partial charge is 1.00 e. The van der Waals surface area contributed by atoms with E-state index in [1.807, 2.05) is 79.7 Å². The average Bonchev–Trinajstić information content (AvgIpc) is 3.62.